The summed E-state index contributed by atoms with van der Waals surface area (Å²) in [5.74, 6) is 0.789. The lowest BCUT2D eigenvalue weighted by molar-refractivity contribution is -0.116. The topological polar surface area (TPSA) is 72.5 Å². The first-order valence-corrected chi connectivity index (χ1v) is 11.0. The Labute approximate surface area is 177 Å². The second-order valence-electron chi connectivity index (χ2n) is 7.42. The molecule has 2 aromatic carbocycles. The highest BCUT2D eigenvalue weighted by Gasteiger charge is 2.30. The lowest BCUT2D eigenvalue weighted by Gasteiger charge is -2.22. The summed E-state index contributed by atoms with van der Waals surface area (Å²) in [6.45, 7) is 4.48. The minimum absolute atomic E-state index is 0.0438. The number of carbonyl (C=O) groups is 1. The maximum atomic E-state index is 13.1. The number of amides is 1. The van der Waals surface area contributed by atoms with Crippen LogP contribution in [-0.2, 0) is 17.8 Å². The number of thioether (sulfide) groups is 1. The second kappa shape index (κ2) is 7.28. The van der Waals surface area contributed by atoms with Gasteiger partial charge in [-0.05, 0) is 44.0 Å². The van der Waals surface area contributed by atoms with Crippen LogP contribution in [-0.4, -0.2) is 36.9 Å². The molecular weight excluding hydrogens is 398 g/mol. The highest BCUT2D eigenvalue weighted by Crippen LogP contribution is 2.33. The van der Waals surface area contributed by atoms with Crippen molar-refractivity contribution in [2.45, 2.75) is 38.0 Å². The Bertz CT molecular complexity index is 1340. The van der Waals surface area contributed by atoms with Crippen LogP contribution in [0.5, 0.6) is 0 Å². The number of benzene rings is 2. The molecule has 1 aliphatic rings. The molecule has 0 radical (unpaired) electrons. The van der Waals surface area contributed by atoms with Crippen molar-refractivity contribution in [2.24, 2.45) is 0 Å². The maximum Gasteiger partial charge on any atom is 0.262 e. The van der Waals surface area contributed by atoms with Crippen molar-refractivity contribution in [3.05, 3.63) is 64.4 Å². The maximum absolute atomic E-state index is 13.1. The van der Waals surface area contributed by atoms with Gasteiger partial charge < -0.3 is 4.90 Å². The predicted octanol–water partition coefficient (Wildman–Crippen LogP) is 3.13. The monoisotopic (exact) mass is 419 g/mol. The zero-order valence-corrected chi connectivity index (χ0v) is 17.6. The van der Waals surface area contributed by atoms with Crippen LogP contribution in [0.1, 0.15) is 19.4 Å². The van der Waals surface area contributed by atoms with E-state index in [0.717, 1.165) is 17.6 Å². The molecule has 0 spiro atoms. The molecule has 7 nitrogen and oxygen atoms in total. The van der Waals surface area contributed by atoms with Crippen molar-refractivity contribution in [3.8, 4) is 0 Å². The minimum atomic E-state index is -0.0804. The standard InChI is InChI=1S/C22H21N5O2S/c1-3-25-20(29)16-9-5-7-11-18(16)27-21(25)23-24-22(27)30-13-19(28)26-14(2)12-15-8-4-6-10-17(15)26/h4-11,14H,3,12-13H2,1-2H3. The average Bonchev–Trinajstić information content (AvgIpc) is 3.33. The molecule has 0 saturated heterocycles. The van der Waals surface area contributed by atoms with Crippen LogP contribution in [0.4, 0.5) is 5.69 Å². The third-order valence-electron chi connectivity index (χ3n) is 5.60. The fourth-order valence-corrected chi connectivity index (χ4v) is 5.05. The molecule has 1 amide bonds. The number of nitrogens with zero attached hydrogens (tertiary/aromatic N) is 5. The first-order chi connectivity index (χ1) is 14.6. The van der Waals surface area contributed by atoms with Crippen molar-refractivity contribution in [1.29, 1.82) is 0 Å². The van der Waals surface area contributed by atoms with Gasteiger partial charge in [0.05, 0.1) is 16.7 Å². The Morgan fingerprint density at radius 2 is 1.90 bits per heavy atom. The summed E-state index contributed by atoms with van der Waals surface area (Å²) in [6, 6.07) is 15.6. The van der Waals surface area contributed by atoms with E-state index in [4.69, 9.17) is 0 Å². The third-order valence-corrected chi connectivity index (χ3v) is 6.51. The van der Waals surface area contributed by atoms with Gasteiger partial charge in [-0.25, -0.2) is 0 Å². The molecule has 1 aliphatic heterocycles. The van der Waals surface area contributed by atoms with Crippen LogP contribution in [0.3, 0.4) is 0 Å². The number of hydrogen-bond donors (Lipinski definition) is 0. The fraction of sp³-hybridized carbons (Fsp3) is 0.273. The zero-order chi connectivity index (χ0) is 20.8. The molecule has 1 atom stereocenters. The lowest BCUT2D eigenvalue weighted by Crippen LogP contribution is -2.37. The number of fused-ring (bicyclic) bond motifs is 4. The first kappa shape index (κ1) is 18.9. The summed E-state index contributed by atoms with van der Waals surface area (Å²) >= 11 is 1.35. The first-order valence-electron chi connectivity index (χ1n) is 9.99. The van der Waals surface area contributed by atoms with Gasteiger partial charge in [-0.3, -0.25) is 18.6 Å². The van der Waals surface area contributed by atoms with E-state index in [1.165, 1.54) is 17.3 Å². The van der Waals surface area contributed by atoms with E-state index < -0.39 is 0 Å². The van der Waals surface area contributed by atoms with Crippen LogP contribution in [0.2, 0.25) is 0 Å². The van der Waals surface area contributed by atoms with E-state index in [1.54, 1.807) is 4.57 Å². The summed E-state index contributed by atoms with van der Waals surface area (Å²) in [4.78, 5) is 27.8. The Balaban J connectivity index is 1.51. The molecule has 30 heavy (non-hydrogen) atoms. The highest BCUT2D eigenvalue weighted by molar-refractivity contribution is 7.99. The normalized spacial score (nSPS) is 15.8. The molecule has 3 heterocycles. The average molecular weight is 420 g/mol. The van der Waals surface area contributed by atoms with Crippen LogP contribution < -0.4 is 10.5 Å². The van der Waals surface area contributed by atoms with E-state index in [-0.39, 0.29) is 23.3 Å². The minimum Gasteiger partial charge on any atom is -0.308 e. The van der Waals surface area contributed by atoms with Gasteiger partial charge in [0.15, 0.2) is 5.16 Å². The van der Waals surface area contributed by atoms with Crippen LogP contribution >= 0.6 is 11.8 Å². The highest BCUT2D eigenvalue weighted by atomic mass is 32.2. The smallest absolute Gasteiger partial charge is 0.262 e. The molecule has 0 N–H and O–H groups in total. The molecule has 4 aromatic rings. The molecule has 152 valence electrons. The van der Waals surface area contributed by atoms with Crippen molar-refractivity contribution < 1.29 is 4.79 Å². The predicted molar refractivity (Wildman–Crippen MR) is 118 cm³/mol. The van der Waals surface area contributed by atoms with Gasteiger partial charge in [0.25, 0.3) is 5.56 Å². The Morgan fingerprint density at radius 1 is 1.13 bits per heavy atom. The molecule has 1 unspecified atom stereocenters. The lowest BCUT2D eigenvalue weighted by atomic mass is 10.1. The van der Waals surface area contributed by atoms with Gasteiger partial charge in [-0.15, -0.1) is 10.2 Å². The number of aryl methyl sites for hydroxylation is 1. The van der Waals surface area contributed by atoms with E-state index >= 15 is 0 Å². The SMILES string of the molecule is CCn1c(=O)c2ccccc2n2c(SCC(=O)N3c4ccccc4CC3C)nnc12. The Hall–Kier alpha value is -3.13. The van der Waals surface area contributed by atoms with Gasteiger partial charge in [0.2, 0.25) is 11.7 Å². The van der Waals surface area contributed by atoms with Gasteiger partial charge >= 0.3 is 0 Å². The number of carbonyl (C=O) groups excluding carboxylic acids is 1. The molecule has 0 aliphatic carbocycles. The van der Waals surface area contributed by atoms with Gasteiger partial charge in [0.1, 0.15) is 0 Å². The van der Waals surface area contributed by atoms with Crippen LogP contribution in [0, 0.1) is 0 Å². The van der Waals surface area contributed by atoms with Crippen molar-refractivity contribution in [3.63, 3.8) is 0 Å². The molecule has 2 aromatic heterocycles. The Morgan fingerprint density at radius 3 is 2.73 bits per heavy atom. The van der Waals surface area contributed by atoms with Crippen LogP contribution in [0.15, 0.2) is 58.5 Å². The van der Waals surface area contributed by atoms with E-state index in [2.05, 4.69) is 23.2 Å². The number of hydrogen-bond acceptors (Lipinski definition) is 5. The summed E-state index contributed by atoms with van der Waals surface area (Å²) in [5.41, 5.74) is 2.87. The van der Waals surface area contributed by atoms with E-state index in [9.17, 15) is 9.59 Å². The van der Waals surface area contributed by atoms with Crippen molar-refractivity contribution in [2.75, 3.05) is 10.7 Å². The molecular formula is C22H21N5O2S. The fourth-order valence-electron chi connectivity index (χ4n) is 4.25. The van der Waals surface area contributed by atoms with Gasteiger partial charge in [-0.2, -0.15) is 0 Å². The largest absolute Gasteiger partial charge is 0.308 e. The number of para-hydroxylation sites is 2. The van der Waals surface area contributed by atoms with Crippen molar-refractivity contribution in [1.82, 2.24) is 19.2 Å². The van der Waals surface area contributed by atoms with Crippen LogP contribution in [0.25, 0.3) is 16.7 Å². The molecule has 5 rings (SSSR count). The molecule has 8 heteroatoms. The second-order valence-corrected chi connectivity index (χ2v) is 8.36. The number of rotatable bonds is 4. The quantitative estimate of drug-likeness (QED) is 0.475. The number of anilines is 1. The van der Waals surface area contributed by atoms with Gasteiger partial charge in [0, 0.05) is 18.3 Å². The van der Waals surface area contributed by atoms with E-state index in [1.807, 2.05) is 58.7 Å². The molecule has 0 fully saturated rings. The van der Waals surface area contributed by atoms with Crippen molar-refractivity contribution >= 4 is 40.0 Å². The van der Waals surface area contributed by atoms with Gasteiger partial charge in [-0.1, -0.05) is 42.1 Å². The third kappa shape index (κ3) is 2.82. The zero-order valence-electron chi connectivity index (χ0n) is 16.8. The molecule has 0 bridgehead atoms. The summed E-state index contributed by atoms with van der Waals surface area (Å²) in [5, 5.41) is 9.78. The molecule has 0 saturated carbocycles. The van der Waals surface area contributed by atoms with E-state index in [0.29, 0.717) is 22.9 Å². The summed E-state index contributed by atoms with van der Waals surface area (Å²) in [7, 11) is 0. The Kier molecular flexibility index (Phi) is 4.58. The summed E-state index contributed by atoms with van der Waals surface area (Å²) in [6.07, 6.45) is 0.869. The number of aromatic nitrogens is 4. The summed E-state index contributed by atoms with van der Waals surface area (Å²) < 4.78 is 3.49.